The highest BCUT2D eigenvalue weighted by atomic mass is 19.3. The lowest BCUT2D eigenvalue weighted by Crippen LogP contribution is -2.49. The zero-order valence-electron chi connectivity index (χ0n) is 23.4. The molecule has 4 rings (SSSR count). The number of esters is 1. The quantitative estimate of drug-likeness (QED) is 0.261. The largest absolute Gasteiger partial charge is 0.464 e. The standard InChI is InChI=1S/C33H37F3N2O4/c34-26-13-11-25(18-29(39)33(37)32(22-7-3-1-4-8-22)23-9-5-2-6-10-23)24(17-26)12-14-28-19-38-27(20-41-28)21-42-31(40)16-15-30(35)36/h1-11,13,17,27-28,30,32-33,38H,12,14-16,18-21,37H2/t27-,28+,33+/m0/s1. The van der Waals surface area contributed by atoms with Crippen molar-refractivity contribution in [1.82, 2.24) is 5.32 Å². The number of carbonyl (C=O) groups is 2. The number of morpholine rings is 1. The third kappa shape index (κ3) is 9.24. The predicted molar refractivity (Wildman–Crippen MR) is 154 cm³/mol. The van der Waals surface area contributed by atoms with E-state index in [0.29, 0.717) is 19.4 Å². The molecule has 42 heavy (non-hydrogen) atoms. The highest BCUT2D eigenvalue weighted by Gasteiger charge is 2.28. The van der Waals surface area contributed by atoms with Gasteiger partial charge in [0.15, 0.2) is 5.78 Å². The zero-order chi connectivity index (χ0) is 29.9. The summed E-state index contributed by atoms with van der Waals surface area (Å²) in [6, 6.07) is 22.8. The molecule has 0 amide bonds. The van der Waals surface area contributed by atoms with Crippen molar-refractivity contribution in [3.63, 3.8) is 0 Å². The highest BCUT2D eigenvalue weighted by Crippen LogP contribution is 2.29. The van der Waals surface area contributed by atoms with E-state index in [2.05, 4.69) is 5.32 Å². The fourth-order valence-corrected chi connectivity index (χ4v) is 5.19. The van der Waals surface area contributed by atoms with Crippen molar-refractivity contribution in [1.29, 1.82) is 0 Å². The Labute approximate surface area is 244 Å². The van der Waals surface area contributed by atoms with Gasteiger partial charge in [-0.2, -0.15) is 0 Å². The van der Waals surface area contributed by atoms with Crippen LogP contribution in [0, 0.1) is 5.82 Å². The van der Waals surface area contributed by atoms with Crippen LogP contribution in [0.15, 0.2) is 78.9 Å². The van der Waals surface area contributed by atoms with Gasteiger partial charge in [0.1, 0.15) is 12.4 Å². The third-order valence-corrected chi connectivity index (χ3v) is 7.50. The molecule has 0 spiro atoms. The number of rotatable bonds is 14. The Hall–Kier alpha value is -3.53. The fraction of sp³-hybridized carbons (Fsp3) is 0.394. The predicted octanol–water partition coefficient (Wildman–Crippen LogP) is 4.97. The highest BCUT2D eigenvalue weighted by molar-refractivity contribution is 5.87. The normalized spacial score (nSPS) is 17.8. The van der Waals surface area contributed by atoms with Crippen LogP contribution in [-0.2, 0) is 31.9 Å². The van der Waals surface area contributed by atoms with Gasteiger partial charge < -0.3 is 20.5 Å². The molecule has 1 fully saturated rings. The molecular weight excluding hydrogens is 545 g/mol. The van der Waals surface area contributed by atoms with Gasteiger partial charge in [-0.1, -0.05) is 66.7 Å². The second kappa shape index (κ2) is 15.6. The minimum atomic E-state index is -2.54. The van der Waals surface area contributed by atoms with Crippen LogP contribution in [0.3, 0.4) is 0 Å². The summed E-state index contributed by atoms with van der Waals surface area (Å²) in [5.41, 5.74) is 9.97. The molecule has 0 radical (unpaired) electrons. The summed E-state index contributed by atoms with van der Waals surface area (Å²) in [7, 11) is 0. The maximum atomic E-state index is 14.2. The molecular formula is C33H37F3N2O4. The minimum absolute atomic E-state index is 0.0398. The Morgan fingerprint density at radius 2 is 1.64 bits per heavy atom. The number of ketones is 1. The Balaban J connectivity index is 1.33. The van der Waals surface area contributed by atoms with Crippen molar-refractivity contribution in [3.8, 4) is 0 Å². The lowest BCUT2D eigenvalue weighted by atomic mass is 9.82. The fourth-order valence-electron chi connectivity index (χ4n) is 5.19. The van der Waals surface area contributed by atoms with Gasteiger partial charge in [0.05, 0.1) is 31.2 Å². The van der Waals surface area contributed by atoms with Gasteiger partial charge in [-0.25, -0.2) is 13.2 Å². The van der Waals surface area contributed by atoms with Crippen LogP contribution in [0.25, 0.3) is 0 Å². The second-order valence-electron chi connectivity index (χ2n) is 10.6. The molecule has 3 aromatic carbocycles. The van der Waals surface area contributed by atoms with Crippen LogP contribution in [0.2, 0.25) is 0 Å². The van der Waals surface area contributed by atoms with Gasteiger partial charge in [0.25, 0.3) is 0 Å². The number of alkyl halides is 2. The molecule has 1 heterocycles. The van der Waals surface area contributed by atoms with Crippen molar-refractivity contribution in [2.45, 2.75) is 62.6 Å². The number of Topliss-reactive ketones (excluding diaryl/α,β-unsaturated/α-hetero) is 1. The van der Waals surface area contributed by atoms with Crippen molar-refractivity contribution in [3.05, 3.63) is 107 Å². The van der Waals surface area contributed by atoms with E-state index < -0.39 is 24.9 Å². The van der Waals surface area contributed by atoms with Crippen LogP contribution in [0.1, 0.15) is 47.4 Å². The first-order valence-electron chi connectivity index (χ1n) is 14.2. The number of carbonyl (C=O) groups excluding carboxylic acids is 2. The number of halogens is 3. The number of nitrogens with one attached hydrogen (secondary N) is 1. The number of hydrogen-bond donors (Lipinski definition) is 2. The van der Waals surface area contributed by atoms with Crippen LogP contribution >= 0.6 is 0 Å². The van der Waals surface area contributed by atoms with Crippen molar-refractivity contribution in [2.24, 2.45) is 5.73 Å². The first-order chi connectivity index (χ1) is 20.3. The monoisotopic (exact) mass is 582 g/mol. The minimum Gasteiger partial charge on any atom is -0.464 e. The summed E-state index contributed by atoms with van der Waals surface area (Å²) >= 11 is 0. The molecule has 1 saturated heterocycles. The number of benzene rings is 3. The molecule has 3 N–H and O–H groups in total. The number of nitrogens with two attached hydrogens (primary N) is 1. The average Bonchev–Trinajstić information content (AvgIpc) is 3.00. The summed E-state index contributed by atoms with van der Waals surface area (Å²) in [4.78, 5) is 25.1. The Morgan fingerprint density at radius 3 is 2.24 bits per heavy atom. The number of ether oxygens (including phenoxy) is 2. The lowest BCUT2D eigenvalue weighted by molar-refractivity contribution is -0.146. The lowest BCUT2D eigenvalue weighted by Gasteiger charge is -2.30. The first-order valence-corrected chi connectivity index (χ1v) is 14.2. The SMILES string of the molecule is N[C@H](C(=O)Cc1ccc(F)cc1CC[C@@H]1CN[C@H](COC(=O)CCC(F)F)CO1)C(c1ccccc1)c1ccccc1. The Morgan fingerprint density at radius 1 is 0.976 bits per heavy atom. The maximum absolute atomic E-state index is 14.2. The topological polar surface area (TPSA) is 90.7 Å². The molecule has 1 aliphatic heterocycles. The number of hydrogen-bond acceptors (Lipinski definition) is 6. The summed E-state index contributed by atoms with van der Waals surface area (Å²) in [6.45, 7) is 0.818. The molecule has 0 bridgehead atoms. The summed E-state index contributed by atoms with van der Waals surface area (Å²) < 4.78 is 49.7. The van der Waals surface area contributed by atoms with E-state index in [4.69, 9.17) is 15.2 Å². The number of aryl methyl sites for hydroxylation is 1. The Bertz CT molecular complexity index is 1250. The van der Waals surface area contributed by atoms with Crippen molar-refractivity contribution in [2.75, 3.05) is 19.8 Å². The molecule has 224 valence electrons. The average molecular weight is 583 g/mol. The molecule has 9 heteroatoms. The van der Waals surface area contributed by atoms with E-state index in [1.807, 2.05) is 60.7 Å². The third-order valence-electron chi connectivity index (χ3n) is 7.50. The molecule has 3 aromatic rings. The van der Waals surface area contributed by atoms with E-state index in [1.165, 1.54) is 12.1 Å². The maximum Gasteiger partial charge on any atom is 0.306 e. The van der Waals surface area contributed by atoms with Gasteiger partial charge in [-0.05, 0) is 47.2 Å². The smallest absolute Gasteiger partial charge is 0.306 e. The van der Waals surface area contributed by atoms with Crippen LogP contribution in [0.4, 0.5) is 13.2 Å². The zero-order valence-corrected chi connectivity index (χ0v) is 23.4. The van der Waals surface area contributed by atoms with Gasteiger partial charge in [0, 0.05) is 25.3 Å². The van der Waals surface area contributed by atoms with Crippen LogP contribution in [0.5, 0.6) is 0 Å². The summed E-state index contributed by atoms with van der Waals surface area (Å²) in [6.07, 6.45) is -2.38. The molecule has 0 unspecified atom stereocenters. The molecule has 0 aliphatic carbocycles. The van der Waals surface area contributed by atoms with Crippen LogP contribution < -0.4 is 11.1 Å². The van der Waals surface area contributed by atoms with E-state index in [9.17, 15) is 22.8 Å². The van der Waals surface area contributed by atoms with Crippen LogP contribution in [-0.4, -0.2) is 56.1 Å². The van der Waals surface area contributed by atoms with Gasteiger partial charge in [0.2, 0.25) is 6.43 Å². The van der Waals surface area contributed by atoms with E-state index in [1.54, 1.807) is 6.07 Å². The van der Waals surface area contributed by atoms with Crippen molar-refractivity contribution < 1.29 is 32.2 Å². The van der Waals surface area contributed by atoms with E-state index in [-0.39, 0.29) is 55.7 Å². The molecule has 6 nitrogen and oxygen atoms in total. The van der Waals surface area contributed by atoms with Gasteiger partial charge in [-0.15, -0.1) is 0 Å². The van der Waals surface area contributed by atoms with Gasteiger partial charge >= 0.3 is 5.97 Å². The van der Waals surface area contributed by atoms with E-state index >= 15 is 0 Å². The van der Waals surface area contributed by atoms with Crippen molar-refractivity contribution >= 4 is 11.8 Å². The molecule has 3 atom stereocenters. The molecule has 1 aliphatic rings. The molecule has 0 aromatic heterocycles. The summed E-state index contributed by atoms with van der Waals surface area (Å²) in [5.74, 6) is -1.50. The summed E-state index contributed by atoms with van der Waals surface area (Å²) in [5, 5.41) is 3.25. The first kappa shape index (κ1) is 31.4. The van der Waals surface area contributed by atoms with Gasteiger partial charge in [-0.3, -0.25) is 9.59 Å². The Kier molecular flexibility index (Phi) is 11.7. The van der Waals surface area contributed by atoms with E-state index in [0.717, 1.165) is 22.3 Å². The molecule has 0 saturated carbocycles. The second-order valence-corrected chi connectivity index (χ2v) is 10.6.